The number of rotatable bonds is 2. The molecule has 0 amide bonds. The van der Waals surface area contributed by atoms with Crippen LogP contribution in [0, 0.1) is 0 Å². The molecule has 26 heavy (non-hydrogen) atoms. The number of aromatic amines is 1. The molecule has 4 nitrogen and oxygen atoms in total. The molecule has 1 aliphatic heterocycles. The Hall–Kier alpha value is -3.35. The van der Waals surface area contributed by atoms with Gasteiger partial charge in [-0.25, -0.2) is 4.68 Å². The molecule has 2 heterocycles. The van der Waals surface area contributed by atoms with E-state index in [1.54, 1.807) is 54.6 Å². The van der Waals surface area contributed by atoms with Crippen molar-refractivity contribution >= 4 is 23.6 Å². The zero-order chi connectivity index (χ0) is 18.3. The number of hydrogen-bond donors (Lipinski definition) is 1. The molecule has 0 saturated heterocycles. The van der Waals surface area contributed by atoms with Crippen LogP contribution in [0.1, 0.15) is 16.8 Å². The molecule has 0 bridgehead atoms. The molecule has 3 aromatic rings. The first-order valence-corrected chi connectivity index (χ1v) is 7.78. The second-order valence-corrected chi connectivity index (χ2v) is 5.75. The average molecular weight is 355 g/mol. The summed E-state index contributed by atoms with van der Waals surface area (Å²) in [6.07, 6.45) is -2.00. The molecule has 1 aliphatic rings. The summed E-state index contributed by atoms with van der Waals surface area (Å²) >= 11 is 0. The van der Waals surface area contributed by atoms with Crippen LogP contribution in [-0.4, -0.2) is 16.0 Å². The molecule has 1 aromatic heterocycles. The van der Waals surface area contributed by atoms with E-state index in [2.05, 4.69) is 10.1 Å². The third kappa shape index (κ3) is 2.67. The third-order valence-electron chi connectivity index (χ3n) is 4.08. The minimum Gasteiger partial charge on any atom is -0.286 e. The number of allylic oxidation sites excluding steroid dienone is 1. The van der Waals surface area contributed by atoms with E-state index in [9.17, 15) is 18.0 Å². The number of H-pyrrole nitrogens is 1. The molecule has 0 spiro atoms. The lowest BCUT2D eigenvalue weighted by atomic mass is 10.0. The monoisotopic (exact) mass is 355 g/mol. The van der Waals surface area contributed by atoms with Crippen LogP contribution in [0.2, 0.25) is 0 Å². The molecule has 0 atom stereocenters. The largest absolute Gasteiger partial charge is 0.433 e. The highest BCUT2D eigenvalue weighted by Gasteiger charge is 2.37. The van der Waals surface area contributed by atoms with Crippen LogP contribution in [-0.2, 0) is 6.18 Å². The lowest BCUT2D eigenvalue weighted by Gasteiger charge is -2.05. The van der Waals surface area contributed by atoms with E-state index in [0.717, 1.165) is 4.68 Å². The number of nitrogens with zero attached hydrogens (tertiary/aromatic N) is 2. The molecule has 1 N–H and O–H groups in total. The Morgan fingerprint density at radius 2 is 1.69 bits per heavy atom. The Labute approximate surface area is 145 Å². The molecule has 4 rings (SSSR count). The zero-order valence-electron chi connectivity index (χ0n) is 13.3. The molecule has 7 heteroatoms. The van der Waals surface area contributed by atoms with E-state index in [-0.39, 0.29) is 0 Å². The fraction of sp³-hybridized carbons (Fsp3) is 0.0526. The highest BCUT2D eigenvalue weighted by atomic mass is 19.4. The van der Waals surface area contributed by atoms with E-state index in [0.29, 0.717) is 22.5 Å². The maximum Gasteiger partial charge on any atom is 0.433 e. The Morgan fingerprint density at radius 3 is 2.42 bits per heavy atom. The first-order chi connectivity index (χ1) is 12.4. The van der Waals surface area contributed by atoms with Crippen LogP contribution in [0.3, 0.4) is 0 Å². The molecule has 0 radical (unpaired) electrons. The molecule has 0 fully saturated rings. The van der Waals surface area contributed by atoms with Gasteiger partial charge in [0.1, 0.15) is 5.69 Å². The number of hydrogen-bond acceptors (Lipinski definition) is 2. The molecule has 130 valence electrons. The Balaban J connectivity index is 1.92. The molecule has 0 aliphatic carbocycles. The number of para-hydroxylation sites is 2. The topological polar surface area (TPSA) is 50.1 Å². The molecule has 0 saturated carbocycles. The summed E-state index contributed by atoms with van der Waals surface area (Å²) in [7, 11) is 0. The van der Waals surface area contributed by atoms with Gasteiger partial charge in [-0.15, -0.1) is 0 Å². The van der Waals surface area contributed by atoms with Gasteiger partial charge in [0.15, 0.2) is 0 Å². The van der Waals surface area contributed by atoms with Gasteiger partial charge in [-0.3, -0.25) is 14.9 Å². The lowest BCUT2D eigenvalue weighted by Crippen LogP contribution is -2.15. The maximum absolute atomic E-state index is 13.5. The predicted molar refractivity (Wildman–Crippen MR) is 93.9 cm³/mol. The van der Waals surface area contributed by atoms with Crippen molar-refractivity contribution in [1.82, 2.24) is 9.78 Å². The second-order valence-electron chi connectivity index (χ2n) is 5.75. The Kier molecular flexibility index (Phi) is 3.64. The number of halogens is 3. The van der Waals surface area contributed by atoms with Crippen molar-refractivity contribution < 1.29 is 13.2 Å². The van der Waals surface area contributed by atoms with Gasteiger partial charge in [-0.2, -0.15) is 13.2 Å². The highest BCUT2D eigenvalue weighted by Crippen LogP contribution is 2.35. The van der Waals surface area contributed by atoms with E-state index < -0.39 is 23.0 Å². The molecule has 0 unspecified atom stereocenters. The van der Waals surface area contributed by atoms with Crippen LogP contribution in [0.15, 0.2) is 64.4 Å². The zero-order valence-corrected chi connectivity index (χ0v) is 13.3. The van der Waals surface area contributed by atoms with Crippen LogP contribution < -0.4 is 5.56 Å². The minimum absolute atomic E-state index is 0.327. The van der Waals surface area contributed by atoms with E-state index in [1.807, 2.05) is 0 Å². The van der Waals surface area contributed by atoms with Crippen molar-refractivity contribution in [3.05, 3.63) is 81.8 Å². The van der Waals surface area contributed by atoms with Crippen molar-refractivity contribution in [3.8, 4) is 5.69 Å². The van der Waals surface area contributed by atoms with Gasteiger partial charge in [0.2, 0.25) is 0 Å². The number of benzene rings is 2. The summed E-state index contributed by atoms with van der Waals surface area (Å²) in [4.78, 5) is 16.8. The number of fused-ring (bicyclic) bond motifs is 1. The minimum atomic E-state index is -4.69. The van der Waals surface area contributed by atoms with Gasteiger partial charge in [0, 0.05) is 17.4 Å². The van der Waals surface area contributed by atoms with Crippen molar-refractivity contribution in [3.63, 3.8) is 0 Å². The van der Waals surface area contributed by atoms with Crippen LogP contribution in [0.4, 0.5) is 18.9 Å². The van der Waals surface area contributed by atoms with E-state index in [4.69, 9.17) is 0 Å². The van der Waals surface area contributed by atoms with Gasteiger partial charge in [-0.05, 0) is 24.3 Å². The van der Waals surface area contributed by atoms with Crippen molar-refractivity contribution in [2.45, 2.75) is 6.18 Å². The predicted octanol–water partition coefficient (Wildman–Crippen LogP) is 4.44. The first-order valence-electron chi connectivity index (χ1n) is 7.78. The van der Waals surface area contributed by atoms with Gasteiger partial charge in [0.25, 0.3) is 5.56 Å². The van der Waals surface area contributed by atoms with Crippen molar-refractivity contribution in [2.75, 3.05) is 0 Å². The smallest absolute Gasteiger partial charge is 0.286 e. The summed E-state index contributed by atoms with van der Waals surface area (Å²) in [5, 5.41) is 2.19. The van der Waals surface area contributed by atoms with Crippen LogP contribution in [0.5, 0.6) is 0 Å². The van der Waals surface area contributed by atoms with Gasteiger partial charge < -0.3 is 0 Å². The van der Waals surface area contributed by atoms with E-state index in [1.165, 1.54) is 12.3 Å². The van der Waals surface area contributed by atoms with Crippen LogP contribution >= 0.6 is 0 Å². The molecule has 2 aromatic carbocycles. The molecular formula is C19H12F3N3O. The number of alkyl halides is 3. The standard InChI is InChI=1S/C19H12F3N3O/c20-19(21,22)17-15(10-12-11-23-16-9-5-4-8-14(12)16)18(26)25(24-17)13-6-2-1-3-7-13/h1-11,24H. The Morgan fingerprint density at radius 1 is 1.00 bits per heavy atom. The third-order valence-corrected chi connectivity index (χ3v) is 4.08. The molecular weight excluding hydrogens is 343 g/mol. The Bertz CT molecular complexity index is 1090. The second kappa shape index (κ2) is 5.87. The van der Waals surface area contributed by atoms with Crippen LogP contribution in [0.25, 0.3) is 17.3 Å². The fourth-order valence-electron chi connectivity index (χ4n) is 2.87. The van der Waals surface area contributed by atoms with Gasteiger partial charge >= 0.3 is 6.18 Å². The quantitative estimate of drug-likeness (QED) is 0.726. The normalized spacial score (nSPS) is 14.8. The van der Waals surface area contributed by atoms with Gasteiger partial charge in [-0.1, -0.05) is 36.4 Å². The first kappa shape index (κ1) is 16.1. The summed E-state index contributed by atoms with van der Waals surface area (Å²) in [5.41, 5.74) is -0.167. The number of nitrogens with one attached hydrogen (secondary N) is 1. The summed E-state index contributed by atoms with van der Waals surface area (Å²) in [6.45, 7) is 0. The fourth-order valence-corrected chi connectivity index (χ4v) is 2.87. The van der Waals surface area contributed by atoms with Crippen molar-refractivity contribution in [1.29, 1.82) is 0 Å². The lowest BCUT2D eigenvalue weighted by molar-refractivity contribution is -0.141. The maximum atomic E-state index is 13.5. The summed E-state index contributed by atoms with van der Waals surface area (Å²) < 4.78 is 41.3. The highest BCUT2D eigenvalue weighted by molar-refractivity contribution is 6.21. The number of aromatic nitrogens is 2. The average Bonchev–Trinajstić information content (AvgIpc) is 3.18. The van der Waals surface area contributed by atoms with E-state index >= 15 is 0 Å². The van der Waals surface area contributed by atoms with Gasteiger partial charge in [0.05, 0.1) is 16.9 Å². The van der Waals surface area contributed by atoms with Crippen molar-refractivity contribution in [2.24, 2.45) is 4.99 Å². The summed E-state index contributed by atoms with van der Waals surface area (Å²) in [6, 6.07) is 15.2. The summed E-state index contributed by atoms with van der Waals surface area (Å²) in [5.74, 6) is 0. The SMILES string of the molecule is O=c1c(C=C2C=Nc3ccccc32)c(C(F)(F)F)[nH]n1-c1ccccc1. The number of aliphatic imine (C=N–C) groups is 1.